The summed E-state index contributed by atoms with van der Waals surface area (Å²) >= 11 is 0. The first-order valence-corrected chi connectivity index (χ1v) is 11.8. The molecule has 0 spiro atoms. The van der Waals surface area contributed by atoms with Gasteiger partial charge in [-0.1, -0.05) is 37.0 Å². The van der Waals surface area contributed by atoms with Crippen molar-refractivity contribution in [3.8, 4) is 17.5 Å². The minimum absolute atomic E-state index is 0.103. The number of nitrogen functional groups attached to an aromatic ring is 1. The fraction of sp³-hybridized carbons (Fsp3) is 0.111. The average Bonchev–Trinajstić information content (AvgIpc) is 3.63. The summed E-state index contributed by atoms with van der Waals surface area (Å²) in [5, 5.41) is 8.34. The van der Waals surface area contributed by atoms with Crippen LogP contribution in [-0.2, 0) is 13.5 Å². The van der Waals surface area contributed by atoms with Crippen molar-refractivity contribution in [3.05, 3.63) is 100 Å². The lowest BCUT2D eigenvalue weighted by atomic mass is 10.2. The minimum Gasteiger partial charge on any atom is -0.445 e. The number of rotatable bonds is 3. The number of aromatic nitrogens is 7. The molecule has 0 radical (unpaired) electrons. The van der Waals surface area contributed by atoms with Crippen LogP contribution in [0.2, 0.25) is 0 Å². The van der Waals surface area contributed by atoms with Gasteiger partial charge in [-0.25, -0.2) is 9.50 Å². The van der Waals surface area contributed by atoms with Crippen LogP contribution in [0.3, 0.4) is 0 Å². The second-order valence-electron chi connectivity index (χ2n) is 8.35. The first-order valence-electron chi connectivity index (χ1n) is 11.8. The van der Waals surface area contributed by atoms with Crippen LogP contribution >= 0.6 is 0 Å². The molecular formula is C27H23N9O3. The van der Waals surface area contributed by atoms with Crippen molar-refractivity contribution in [2.45, 2.75) is 13.3 Å². The maximum absolute atomic E-state index is 13.2. The van der Waals surface area contributed by atoms with E-state index in [-0.39, 0.29) is 16.9 Å². The first kappa shape index (κ1) is 25.0. The molecule has 0 bridgehead atoms. The standard InChI is InChI=1S/C20H16N4O2.C7H7N5O/c1-3-17-22-19-18(20(25)24(17)16-7-5-4-6-8-16)15(13-26-19)10-9-14-11-21-23(2)12-14;8-5-4(6(9)13)7-10-2-1-3-12(7)11-5/h4-8,11-13H,3H2,1-2H3;1-3H,(H2,8,11)(H2,9,13). The molecule has 0 aliphatic carbocycles. The lowest BCUT2D eigenvalue weighted by Crippen LogP contribution is -2.23. The third-order valence-electron chi connectivity index (χ3n) is 5.72. The van der Waals surface area contributed by atoms with Crippen molar-refractivity contribution in [1.29, 1.82) is 0 Å². The Hall–Kier alpha value is -5.70. The Morgan fingerprint density at radius 2 is 1.95 bits per heavy atom. The quantitative estimate of drug-likeness (QED) is 0.334. The molecule has 12 heteroatoms. The molecule has 0 unspecified atom stereocenters. The molecule has 6 rings (SSSR count). The second-order valence-corrected chi connectivity index (χ2v) is 8.35. The number of para-hydroxylation sites is 1. The Morgan fingerprint density at radius 3 is 2.64 bits per heavy atom. The molecular weight excluding hydrogens is 498 g/mol. The number of furan rings is 1. The maximum Gasteiger partial charge on any atom is 0.270 e. The van der Waals surface area contributed by atoms with E-state index in [9.17, 15) is 9.59 Å². The number of hydrogen-bond donors (Lipinski definition) is 2. The zero-order valence-corrected chi connectivity index (χ0v) is 21.1. The van der Waals surface area contributed by atoms with E-state index in [1.807, 2.05) is 50.5 Å². The normalized spacial score (nSPS) is 10.6. The molecule has 1 amide bonds. The van der Waals surface area contributed by atoms with Gasteiger partial charge >= 0.3 is 0 Å². The Labute approximate surface area is 221 Å². The third kappa shape index (κ3) is 4.84. The summed E-state index contributed by atoms with van der Waals surface area (Å²) < 4.78 is 10.2. The number of nitrogens with zero attached hydrogens (tertiary/aromatic N) is 7. The highest BCUT2D eigenvalue weighted by molar-refractivity contribution is 6.03. The van der Waals surface area contributed by atoms with Gasteiger partial charge in [0.15, 0.2) is 11.5 Å². The summed E-state index contributed by atoms with van der Waals surface area (Å²) in [6.45, 7) is 1.96. The van der Waals surface area contributed by atoms with Gasteiger partial charge in [0.25, 0.3) is 11.5 Å². The molecule has 194 valence electrons. The number of benzene rings is 1. The predicted octanol–water partition coefficient (Wildman–Crippen LogP) is 2.08. The van der Waals surface area contributed by atoms with Gasteiger partial charge in [0.05, 0.1) is 23.0 Å². The fourth-order valence-corrected chi connectivity index (χ4v) is 3.97. The Morgan fingerprint density at radius 1 is 1.15 bits per heavy atom. The van der Waals surface area contributed by atoms with Gasteiger partial charge in [-0.2, -0.15) is 10.1 Å². The number of aryl methyl sites for hydroxylation is 2. The predicted molar refractivity (Wildman–Crippen MR) is 144 cm³/mol. The number of carbonyl (C=O) groups is 1. The van der Waals surface area contributed by atoms with Gasteiger partial charge in [0, 0.05) is 32.1 Å². The highest BCUT2D eigenvalue weighted by atomic mass is 16.3. The number of fused-ring (bicyclic) bond motifs is 2. The lowest BCUT2D eigenvalue weighted by molar-refractivity contribution is 0.100. The Kier molecular flexibility index (Phi) is 6.63. The molecule has 5 heterocycles. The third-order valence-corrected chi connectivity index (χ3v) is 5.72. The summed E-state index contributed by atoms with van der Waals surface area (Å²) in [6.07, 6.45) is 8.76. The summed E-state index contributed by atoms with van der Waals surface area (Å²) in [7, 11) is 1.83. The molecule has 12 nitrogen and oxygen atoms in total. The summed E-state index contributed by atoms with van der Waals surface area (Å²) in [5.41, 5.74) is 13.3. The molecule has 4 N–H and O–H groups in total. The van der Waals surface area contributed by atoms with E-state index >= 15 is 0 Å². The Balaban J connectivity index is 0.000000198. The van der Waals surface area contributed by atoms with E-state index in [1.54, 1.807) is 33.9 Å². The highest BCUT2D eigenvalue weighted by Crippen LogP contribution is 2.18. The van der Waals surface area contributed by atoms with Crippen LogP contribution in [0.1, 0.15) is 34.2 Å². The molecule has 0 saturated heterocycles. The van der Waals surface area contributed by atoms with Crippen LogP contribution < -0.4 is 17.0 Å². The van der Waals surface area contributed by atoms with Crippen molar-refractivity contribution in [2.24, 2.45) is 12.8 Å². The van der Waals surface area contributed by atoms with Crippen LogP contribution in [0.25, 0.3) is 22.4 Å². The number of primary amides is 1. The van der Waals surface area contributed by atoms with Crippen LogP contribution in [0.15, 0.2) is 76.7 Å². The molecule has 39 heavy (non-hydrogen) atoms. The van der Waals surface area contributed by atoms with Crippen molar-refractivity contribution in [3.63, 3.8) is 0 Å². The SMILES string of the molecule is CCc1nc2occ(C#Cc3cnn(C)c3)c2c(=O)n1-c1ccccc1.NC(=O)c1c(N)nn2cccnc12. The summed E-state index contributed by atoms with van der Waals surface area (Å²) in [6, 6.07) is 11.1. The van der Waals surface area contributed by atoms with Gasteiger partial charge in [0.2, 0.25) is 5.71 Å². The van der Waals surface area contributed by atoms with E-state index in [4.69, 9.17) is 15.9 Å². The fourth-order valence-electron chi connectivity index (χ4n) is 3.97. The van der Waals surface area contributed by atoms with Crippen LogP contribution in [0.5, 0.6) is 0 Å². The van der Waals surface area contributed by atoms with Crippen LogP contribution in [-0.4, -0.2) is 39.8 Å². The van der Waals surface area contributed by atoms with Crippen LogP contribution in [0, 0.1) is 11.8 Å². The van der Waals surface area contributed by atoms with Crippen molar-refractivity contribution in [1.82, 2.24) is 33.9 Å². The van der Waals surface area contributed by atoms with Crippen molar-refractivity contribution >= 4 is 28.5 Å². The number of amides is 1. The molecule has 0 aliphatic rings. The molecule has 0 atom stereocenters. The minimum atomic E-state index is -0.619. The largest absolute Gasteiger partial charge is 0.445 e. The van der Waals surface area contributed by atoms with E-state index in [0.717, 1.165) is 11.3 Å². The lowest BCUT2D eigenvalue weighted by Gasteiger charge is -2.10. The monoisotopic (exact) mass is 521 g/mol. The Bertz CT molecular complexity index is 1940. The van der Waals surface area contributed by atoms with E-state index in [1.165, 1.54) is 10.8 Å². The van der Waals surface area contributed by atoms with Gasteiger partial charge in [-0.3, -0.25) is 18.8 Å². The smallest absolute Gasteiger partial charge is 0.270 e. The zero-order valence-electron chi connectivity index (χ0n) is 21.1. The van der Waals surface area contributed by atoms with Gasteiger partial charge in [0.1, 0.15) is 23.0 Å². The molecule has 6 aromatic rings. The second kappa shape index (κ2) is 10.3. The molecule has 0 aliphatic heterocycles. The van der Waals surface area contributed by atoms with Crippen LogP contribution in [0.4, 0.5) is 5.82 Å². The van der Waals surface area contributed by atoms with Gasteiger partial charge in [-0.05, 0) is 18.2 Å². The topological polar surface area (TPSA) is 165 Å². The van der Waals surface area contributed by atoms with Gasteiger partial charge in [-0.15, -0.1) is 5.10 Å². The maximum atomic E-state index is 13.2. The van der Waals surface area contributed by atoms with Crippen molar-refractivity contribution < 1.29 is 9.21 Å². The molecule has 0 fully saturated rings. The summed E-state index contributed by atoms with van der Waals surface area (Å²) in [5.74, 6) is 6.14. The average molecular weight is 522 g/mol. The molecule has 0 saturated carbocycles. The molecule has 1 aromatic carbocycles. The highest BCUT2D eigenvalue weighted by Gasteiger charge is 2.17. The van der Waals surface area contributed by atoms with E-state index < -0.39 is 5.91 Å². The van der Waals surface area contributed by atoms with Gasteiger partial charge < -0.3 is 15.9 Å². The zero-order chi connectivity index (χ0) is 27.5. The first-order chi connectivity index (χ1) is 18.9. The van der Waals surface area contributed by atoms with E-state index in [0.29, 0.717) is 34.6 Å². The number of hydrogen-bond acceptors (Lipinski definition) is 8. The summed E-state index contributed by atoms with van der Waals surface area (Å²) in [4.78, 5) is 32.6. The molecule has 5 aromatic heterocycles. The van der Waals surface area contributed by atoms with E-state index in [2.05, 4.69) is 32.0 Å². The van der Waals surface area contributed by atoms with Crippen molar-refractivity contribution in [2.75, 3.05) is 5.73 Å². The number of nitrogens with two attached hydrogens (primary N) is 2. The number of carbonyl (C=O) groups excluding carboxylic acids is 1. The number of anilines is 1.